The minimum atomic E-state index is 0.335. The summed E-state index contributed by atoms with van der Waals surface area (Å²) in [6.45, 7) is 1.98. The number of rotatable bonds is 2. The number of nitriles is 1. The highest BCUT2D eigenvalue weighted by Gasteiger charge is 2.08. The summed E-state index contributed by atoms with van der Waals surface area (Å²) in [7, 11) is 0. The zero-order valence-electron chi connectivity index (χ0n) is 9.54. The Kier molecular flexibility index (Phi) is 3.85. The summed E-state index contributed by atoms with van der Waals surface area (Å²) in [5, 5.41) is 12.4. The molecule has 0 spiro atoms. The van der Waals surface area contributed by atoms with Crippen LogP contribution in [0.1, 0.15) is 11.1 Å². The molecular formula is C13H9BrClN3. The van der Waals surface area contributed by atoms with E-state index < -0.39 is 0 Å². The van der Waals surface area contributed by atoms with Gasteiger partial charge in [0, 0.05) is 16.4 Å². The Morgan fingerprint density at radius 3 is 2.83 bits per heavy atom. The molecule has 18 heavy (non-hydrogen) atoms. The van der Waals surface area contributed by atoms with Crippen LogP contribution < -0.4 is 5.32 Å². The summed E-state index contributed by atoms with van der Waals surface area (Å²) < 4.78 is 1.01. The second-order valence-electron chi connectivity index (χ2n) is 3.72. The molecule has 0 aliphatic heterocycles. The Balaban J connectivity index is 2.38. The third kappa shape index (κ3) is 2.63. The minimum absolute atomic E-state index is 0.335. The van der Waals surface area contributed by atoms with Crippen molar-refractivity contribution in [2.75, 3.05) is 5.32 Å². The fourth-order valence-electron chi connectivity index (χ4n) is 1.51. The van der Waals surface area contributed by atoms with Crippen molar-refractivity contribution in [3.63, 3.8) is 0 Å². The molecule has 0 aliphatic carbocycles. The predicted molar refractivity (Wildman–Crippen MR) is 76.1 cm³/mol. The van der Waals surface area contributed by atoms with Crippen LogP contribution in [-0.4, -0.2) is 4.98 Å². The molecule has 1 heterocycles. The quantitative estimate of drug-likeness (QED) is 0.890. The number of aromatic nitrogens is 1. The third-order valence-electron chi connectivity index (χ3n) is 2.45. The van der Waals surface area contributed by atoms with Crippen LogP contribution in [0.25, 0.3) is 0 Å². The minimum Gasteiger partial charge on any atom is -0.339 e. The van der Waals surface area contributed by atoms with Crippen molar-refractivity contribution in [3.05, 3.63) is 51.1 Å². The van der Waals surface area contributed by atoms with Gasteiger partial charge < -0.3 is 5.32 Å². The lowest BCUT2D eigenvalue weighted by Crippen LogP contribution is -1.97. The second kappa shape index (κ2) is 5.38. The van der Waals surface area contributed by atoms with Gasteiger partial charge in [-0.1, -0.05) is 27.5 Å². The van der Waals surface area contributed by atoms with Crippen molar-refractivity contribution in [2.24, 2.45) is 0 Å². The molecule has 0 bridgehead atoms. The van der Waals surface area contributed by atoms with Crippen LogP contribution in [-0.2, 0) is 0 Å². The fraction of sp³-hybridized carbons (Fsp3) is 0.0769. The molecule has 1 N–H and O–H groups in total. The number of aryl methyl sites for hydroxylation is 1. The number of pyridine rings is 1. The van der Waals surface area contributed by atoms with E-state index in [1.54, 1.807) is 12.3 Å². The second-order valence-corrected chi connectivity index (χ2v) is 5.01. The largest absolute Gasteiger partial charge is 0.339 e. The summed E-state index contributed by atoms with van der Waals surface area (Å²) in [6.07, 6.45) is 1.56. The molecule has 90 valence electrons. The molecule has 0 amide bonds. The molecule has 0 aliphatic rings. The van der Waals surface area contributed by atoms with Crippen molar-refractivity contribution < 1.29 is 0 Å². The van der Waals surface area contributed by atoms with Gasteiger partial charge in [-0.3, -0.25) is 0 Å². The highest BCUT2D eigenvalue weighted by Crippen LogP contribution is 2.28. The molecule has 2 aromatic rings. The summed E-state index contributed by atoms with van der Waals surface area (Å²) in [6, 6.07) is 9.46. The van der Waals surface area contributed by atoms with Crippen molar-refractivity contribution in [1.82, 2.24) is 4.98 Å². The van der Waals surface area contributed by atoms with Gasteiger partial charge in [0.05, 0.1) is 5.56 Å². The van der Waals surface area contributed by atoms with E-state index in [0.29, 0.717) is 16.4 Å². The van der Waals surface area contributed by atoms with Gasteiger partial charge in [0.1, 0.15) is 11.1 Å². The van der Waals surface area contributed by atoms with Gasteiger partial charge in [-0.05, 0) is 36.8 Å². The van der Waals surface area contributed by atoms with E-state index >= 15 is 0 Å². The van der Waals surface area contributed by atoms with E-state index in [0.717, 1.165) is 15.7 Å². The molecule has 3 nitrogen and oxygen atoms in total. The molecule has 0 unspecified atom stereocenters. The Hall–Kier alpha value is -1.57. The van der Waals surface area contributed by atoms with Gasteiger partial charge >= 0.3 is 0 Å². The summed E-state index contributed by atoms with van der Waals surface area (Å²) in [5.41, 5.74) is 2.37. The maximum Gasteiger partial charge on any atom is 0.150 e. The number of halogens is 2. The molecule has 0 fully saturated rings. The van der Waals surface area contributed by atoms with Gasteiger partial charge in [-0.25, -0.2) is 4.98 Å². The third-order valence-corrected chi connectivity index (χ3v) is 3.33. The number of hydrogen-bond acceptors (Lipinski definition) is 3. The highest BCUT2D eigenvalue weighted by molar-refractivity contribution is 9.10. The topological polar surface area (TPSA) is 48.7 Å². The van der Waals surface area contributed by atoms with Gasteiger partial charge in [-0.2, -0.15) is 5.26 Å². The standard InChI is InChI=1S/C13H9BrClN3/c1-8-6-10(14)2-3-11(8)18-13-12(15)9(7-16)4-5-17-13/h2-6H,1H3,(H,17,18). The van der Waals surface area contributed by atoms with Crippen LogP contribution in [0.4, 0.5) is 11.5 Å². The van der Waals surface area contributed by atoms with E-state index in [2.05, 4.69) is 26.2 Å². The Morgan fingerprint density at radius 1 is 1.39 bits per heavy atom. The van der Waals surface area contributed by atoms with E-state index in [9.17, 15) is 0 Å². The Morgan fingerprint density at radius 2 is 2.17 bits per heavy atom. The van der Waals surface area contributed by atoms with Crippen LogP contribution in [0.2, 0.25) is 5.02 Å². The lowest BCUT2D eigenvalue weighted by Gasteiger charge is -2.10. The normalized spacial score (nSPS) is 9.89. The molecular weight excluding hydrogens is 314 g/mol. The number of benzene rings is 1. The van der Waals surface area contributed by atoms with Gasteiger partial charge in [-0.15, -0.1) is 0 Å². The van der Waals surface area contributed by atoms with Crippen LogP contribution in [0, 0.1) is 18.3 Å². The first-order valence-corrected chi connectivity index (χ1v) is 6.36. The lowest BCUT2D eigenvalue weighted by molar-refractivity contribution is 1.28. The van der Waals surface area contributed by atoms with Crippen LogP contribution >= 0.6 is 27.5 Å². The Bertz CT molecular complexity index is 635. The first kappa shape index (κ1) is 12.9. The Labute approximate surface area is 119 Å². The van der Waals surface area contributed by atoms with Gasteiger partial charge in [0.25, 0.3) is 0 Å². The maximum atomic E-state index is 8.90. The van der Waals surface area contributed by atoms with E-state index in [-0.39, 0.29) is 0 Å². The summed E-state index contributed by atoms with van der Waals surface area (Å²) in [4.78, 5) is 4.14. The molecule has 1 aromatic carbocycles. The number of hydrogen-bond donors (Lipinski definition) is 1. The zero-order valence-corrected chi connectivity index (χ0v) is 11.9. The summed E-state index contributed by atoms with van der Waals surface area (Å²) in [5.74, 6) is 0.487. The smallest absolute Gasteiger partial charge is 0.150 e. The molecule has 1 aromatic heterocycles. The monoisotopic (exact) mass is 321 g/mol. The van der Waals surface area contributed by atoms with Crippen molar-refractivity contribution >= 4 is 39.0 Å². The van der Waals surface area contributed by atoms with E-state index in [4.69, 9.17) is 16.9 Å². The van der Waals surface area contributed by atoms with Crippen molar-refractivity contribution in [1.29, 1.82) is 5.26 Å². The SMILES string of the molecule is Cc1cc(Br)ccc1Nc1nccc(C#N)c1Cl. The van der Waals surface area contributed by atoms with Gasteiger partial charge in [0.2, 0.25) is 0 Å². The molecule has 0 saturated carbocycles. The first-order chi connectivity index (χ1) is 8.61. The van der Waals surface area contributed by atoms with Crippen LogP contribution in [0.3, 0.4) is 0 Å². The summed E-state index contributed by atoms with van der Waals surface area (Å²) >= 11 is 9.49. The average Bonchev–Trinajstić information content (AvgIpc) is 2.35. The van der Waals surface area contributed by atoms with Gasteiger partial charge in [0.15, 0.2) is 5.82 Å². The van der Waals surface area contributed by atoms with Crippen LogP contribution in [0.5, 0.6) is 0 Å². The van der Waals surface area contributed by atoms with Crippen LogP contribution in [0.15, 0.2) is 34.9 Å². The average molecular weight is 323 g/mol. The lowest BCUT2D eigenvalue weighted by atomic mass is 10.2. The molecule has 2 rings (SSSR count). The molecule has 0 atom stereocenters. The number of anilines is 2. The number of nitrogens with one attached hydrogen (secondary N) is 1. The van der Waals surface area contributed by atoms with Crippen molar-refractivity contribution in [3.8, 4) is 6.07 Å². The van der Waals surface area contributed by atoms with Crippen molar-refractivity contribution in [2.45, 2.75) is 6.92 Å². The molecule has 0 radical (unpaired) electrons. The molecule has 0 saturated heterocycles. The zero-order chi connectivity index (χ0) is 13.1. The number of nitrogens with zero attached hydrogens (tertiary/aromatic N) is 2. The first-order valence-electron chi connectivity index (χ1n) is 5.19. The maximum absolute atomic E-state index is 8.90. The highest BCUT2D eigenvalue weighted by atomic mass is 79.9. The van der Waals surface area contributed by atoms with E-state index in [1.165, 1.54) is 0 Å². The molecule has 5 heteroatoms. The fourth-order valence-corrected chi connectivity index (χ4v) is 2.19. The van der Waals surface area contributed by atoms with E-state index in [1.807, 2.05) is 31.2 Å². The predicted octanol–water partition coefficient (Wildman–Crippen LogP) is 4.42.